The quantitative estimate of drug-likeness (QED) is 0.592. The summed E-state index contributed by atoms with van der Waals surface area (Å²) >= 11 is 0. The lowest BCUT2D eigenvalue weighted by Gasteiger charge is -2.25. The van der Waals surface area contributed by atoms with Gasteiger partial charge in [-0.25, -0.2) is 0 Å². The molecule has 2 unspecified atom stereocenters. The molecule has 2 amide bonds. The molecule has 0 bridgehead atoms. The molecule has 4 N–H and O–H groups in total. The van der Waals surface area contributed by atoms with Gasteiger partial charge in [0.2, 0.25) is 11.8 Å². The average Bonchev–Trinajstić information content (AvgIpc) is 3.17. The maximum absolute atomic E-state index is 12.6. The number of aromatic hydroxyl groups is 1. The Morgan fingerprint density at radius 1 is 1.39 bits per heavy atom. The van der Waals surface area contributed by atoms with Crippen LogP contribution in [0.2, 0.25) is 0 Å². The monoisotopic (exact) mass is 384 g/mol. The van der Waals surface area contributed by atoms with Crippen molar-refractivity contribution >= 4 is 23.7 Å². The number of nitrogens with zero attached hydrogens (tertiary/aromatic N) is 2. The topological polar surface area (TPSA) is 137 Å². The van der Waals surface area contributed by atoms with Crippen LogP contribution >= 0.6 is 0 Å². The lowest BCUT2D eigenvalue weighted by Crippen LogP contribution is -2.51. The summed E-state index contributed by atoms with van der Waals surface area (Å²) in [6.07, 6.45) is 4.07. The van der Waals surface area contributed by atoms with E-state index in [-0.39, 0.29) is 18.1 Å². The fraction of sp³-hybridized carbons (Fsp3) is 0.400. The zero-order chi connectivity index (χ0) is 20.7. The molecule has 0 aromatic heterocycles. The molecule has 28 heavy (non-hydrogen) atoms. The van der Waals surface area contributed by atoms with E-state index in [0.29, 0.717) is 18.5 Å². The molecule has 1 aliphatic rings. The SMILES string of the molecule is CC(=O)N1CCC[C@H]1C(=O)NC(CC(N)C#N)C(=O)/C=C/c1ccc(O)cc1. The summed E-state index contributed by atoms with van der Waals surface area (Å²) in [6.45, 7) is 1.91. The van der Waals surface area contributed by atoms with E-state index in [2.05, 4.69) is 5.32 Å². The molecule has 0 aliphatic carbocycles. The highest BCUT2D eigenvalue weighted by Gasteiger charge is 2.34. The molecule has 2 rings (SSSR count). The lowest BCUT2D eigenvalue weighted by molar-refractivity contribution is -0.137. The Morgan fingerprint density at radius 3 is 2.68 bits per heavy atom. The van der Waals surface area contributed by atoms with Crippen LogP contribution in [-0.4, -0.2) is 52.3 Å². The Bertz CT molecular complexity index is 797. The minimum absolute atomic E-state index is 0.0339. The van der Waals surface area contributed by atoms with E-state index in [1.54, 1.807) is 18.2 Å². The Labute approximate surface area is 163 Å². The number of rotatable bonds is 7. The first-order valence-corrected chi connectivity index (χ1v) is 9.05. The number of nitrogens with two attached hydrogens (primary N) is 1. The van der Waals surface area contributed by atoms with Gasteiger partial charge in [-0.05, 0) is 36.6 Å². The van der Waals surface area contributed by atoms with E-state index in [0.717, 1.165) is 6.42 Å². The van der Waals surface area contributed by atoms with Gasteiger partial charge in [0.05, 0.1) is 18.2 Å². The van der Waals surface area contributed by atoms with E-state index in [1.807, 2.05) is 6.07 Å². The summed E-state index contributed by atoms with van der Waals surface area (Å²) in [5.74, 6) is -0.907. The zero-order valence-electron chi connectivity index (χ0n) is 15.7. The predicted molar refractivity (Wildman–Crippen MR) is 103 cm³/mol. The molecule has 1 aromatic rings. The molecule has 1 aromatic carbocycles. The lowest BCUT2D eigenvalue weighted by atomic mass is 10.0. The summed E-state index contributed by atoms with van der Waals surface area (Å²) in [6, 6.07) is 5.61. The Hall–Kier alpha value is -3.18. The Morgan fingerprint density at radius 2 is 2.07 bits per heavy atom. The fourth-order valence-electron chi connectivity index (χ4n) is 3.12. The second-order valence-electron chi connectivity index (χ2n) is 6.73. The van der Waals surface area contributed by atoms with Gasteiger partial charge in [0.15, 0.2) is 5.78 Å². The molecule has 1 saturated heterocycles. The number of carbonyl (C=O) groups is 3. The summed E-state index contributed by atoms with van der Waals surface area (Å²) in [5, 5.41) is 20.9. The molecular formula is C20H24N4O4. The van der Waals surface area contributed by atoms with E-state index >= 15 is 0 Å². The Kier molecular flexibility index (Phi) is 7.29. The first kappa shape index (κ1) is 21.1. The molecule has 0 saturated carbocycles. The number of likely N-dealkylation sites (tertiary alicyclic amines) is 1. The van der Waals surface area contributed by atoms with Crippen molar-refractivity contribution in [1.29, 1.82) is 5.26 Å². The third-order valence-electron chi connectivity index (χ3n) is 4.61. The number of amides is 2. The van der Waals surface area contributed by atoms with Gasteiger partial charge in [-0.2, -0.15) is 5.26 Å². The maximum atomic E-state index is 12.6. The number of phenolic OH excluding ortho intramolecular Hbond substituents is 1. The third kappa shape index (κ3) is 5.66. The number of ketones is 1. The van der Waals surface area contributed by atoms with Gasteiger partial charge in [0.25, 0.3) is 0 Å². The number of hydrogen-bond acceptors (Lipinski definition) is 6. The highest BCUT2D eigenvalue weighted by molar-refractivity contribution is 6.00. The van der Waals surface area contributed by atoms with Gasteiger partial charge in [-0.15, -0.1) is 0 Å². The van der Waals surface area contributed by atoms with E-state index in [4.69, 9.17) is 11.0 Å². The van der Waals surface area contributed by atoms with Crippen LogP contribution in [-0.2, 0) is 14.4 Å². The van der Waals surface area contributed by atoms with Crippen LogP contribution in [0.25, 0.3) is 6.08 Å². The Balaban J connectivity index is 2.11. The van der Waals surface area contributed by atoms with Gasteiger partial charge in [-0.1, -0.05) is 18.2 Å². The van der Waals surface area contributed by atoms with Crippen LogP contribution < -0.4 is 11.1 Å². The zero-order valence-corrected chi connectivity index (χ0v) is 15.7. The summed E-state index contributed by atoms with van der Waals surface area (Å²) in [7, 11) is 0. The van der Waals surface area contributed by atoms with Crippen LogP contribution in [0.4, 0.5) is 0 Å². The fourth-order valence-corrected chi connectivity index (χ4v) is 3.12. The molecule has 1 fully saturated rings. The second kappa shape index (κ2) is 9.67. The normalized spacial score (nSPS) is 18.5. The number of carbonyl (C=O) groups excluding carboxylic acids is 3. The number of nitrogens with one attached hydrogen (secondary N) is 1. The van der Waals surface area contributed by atoms with Crippen molar-refractivity contribution in [3.05, 3.63) is 35.9 Å². The molecular weight excluding hydrogens is 360 g/mol. The summed E-state index contributed by atoms with van der Waals surface area (Å²) in [5.41, 5.74) is 6.35. The molecule has 8 heteroatoms. The van der Waals surface area contributed by atoms with Crippen LogP contribution in [0.15, 0.2) is 30.3 Å². The third-order valence-corrected chi connectivity index (χ3v) is 4.61. The molecule has 148 valence electrons. The second-order valence-corrected chi connectivity index (χ2v) is 6.73. The smallest absolute Gasteiger partial charge is 0.243 e. The van der Waals surface area contributed by atoms with Gasteiger partial charge < -0.3 is 21.1 Å². The van der Waals surface area contributed by atoms with Crippen molar-refractivity contribution in [2.75, 3.05) is 6.54 Å². The van der Waals surface area contributed by atoms with Crippen molar-refractivity contribution in [3.8, 4) is 11.8 Å². The van der Waals surface area contributed by atoms with Gasteiger partial charge in [0.1, 0.15) is 11.8 Å². The first-order chi connectivity index (χ1) is 13.3. The molecule has 1 aliphatic heterocycles. The first-order valence-electron chi connectivity index (χ1n) is 9.05. The van der Waals surface area contributed by atoms with Crippen molar-refractivity contribution in [2.24, 2.45) is 5.73 Å². The molecule has 3 atom stereocenters. The highest BCUT2D eigenvalue weighted by Crippen LogP contribution is 2.18. The molecule has 0 radical (unpaired) electrons. The van der Waals surface area contributed by atoms with Crippen LogP contribution in [0, 0.1) is 11.3 Å². The predicted octanol–water partition coefficient (Wildman–Crippen LogP) is 0.711. The van der Waals surface area contributed by atoms with Crippen LogP contribution in [0.1, 0.15) is 31.7 Å². The molecule has 1 heterocycles. The van der Waals surface area contributed by atoms with E-state index < -0.39 is 29.8 Å². The minimum Gasteiger partial charge on any atom is -0.508 e. The van der Waals surface area contributed by atoms with Crippen LogP contribution in [0.5, 0.6) is 5.75 Å². The van der Waals surface area contributed by atoms with E-state index in [1.165, 1.54) is 30.0 Å². The van der Waals surface area contributed by atoms with Crippen molar-refractivity contribution in [1.82, 2.24) is 10.2 Å². The van der Waals surface area contributed by atoms with Crippen molar-refractivity contribution in [2.45, 2.75) is 44.3 Å². The molecule has 8 nitrogen and oxygen atoms in total. The van der Waals surface area contributed by atoms with Gasteiger partial charge >= 0.3 is 0 Å². The minimum atomic E-state index is -0.968. The summed E-state index contributed by atoms with van der Waals surface area (Å²) in [4.78, 5) is 38.4. The average molecular weight is 384 g/mol. The number of phenols is 1. The number of benzene rings is 1. The van der Waals surface area contributed by atoms with Gasteiger partial charge in [0, 0.05) is 19.9 Å². The molecule has 0 spiro atoms. The summed E-state index contributed by atoms with van der Waals surface area (Å²) < 4.78 is 0. The van der Waals surface area contributed by atoms with Crippen molar-refractivity contribution < 1.29 is 19.5 Å². The number of nitriles is 1. The number of hydrogen-bond donors (Lipinski definition) is 3. The maximum Gasteiger partial charge on any atom is 0.243 e. The van der Waals surface area contributed by atoms with Gasteiger partial charge in [-0.3, -0.25) is 14.4 Å². The standard InChI is InChI=1S/C20H24N4O4/c1-13(25)24-10-2-3-18(24)20(28)23-17(11-15(22)12-21)19(27)9-6-14-4-7-16(26)8-5-14/h4-9,15,17-18,26H,2-3,10-11,22H2,1H3,(H,23,28)/b9-6+/t15?,17?,18-/m0/s1. The largest absolute Gasteiger partial charge is 0.508 e. The van der Waals surface area contributed by atoms with Crippen molar-refractivity contribution in [3.63, 3.8) is 0 Å². The van der Waals surface area contributed by atoms with Crippen LogP contribution in [0.3, 0.4) is 0 Å². The van der Waals surface area contributed by atoms with E-state index in [9.17, 15) is 19.5 Å². The highest BCUT2D eigenvalue weighted by atomic mass is 16.3.